The average Bonchev–Trinajstić information content (AvgIpc) is 2.16. The van der Waals surface area contributed by atoms with E-state index in [1.165, 1.54) is 0 Å². The molecular formula is C3H5INO2S-. The van der Waals surface area contributed by atoms with Crippen molar-refractivity contribution in [3.8, 4) is 0 Å². The maximum absolute atomic E-state index is 10.4. The third-order valence-corrected chi connectivity index (χ3v) is 5.31. The summed E-state index contributed by atoms with van der Waals surface area (Å²) in [5.74, 6) is 0. The second-order valence-corrected chi connectivity index (χ2v) is 6.47. The van der Waals surface area contributed by atoms with E-state index < -0.39 is 12.8 Å². The molecule has 1 saturated carbocycles. The normalized spacial score (nSPS) is 25.2. The van der Waals surface area contributed by atoms with Gasteiger partial charge in [-0.2, -0.15) is 0 Å². The van der Waals surface area contributed by atoms with Gasteiger partial charge < -0.3 is 5.14 Å². The Morgan fingerprint density at radius 1 is 1.50 bits per heavy atom. The molecule has 48 valence electrons. The fraction of sp³-hybridized carbons (Fsp3) is 1.00. The molecule has 0 saturated heterocycles. The van der Waals surface area contributed by atoms with Crippen LogP contribution in [0.3, 0.4) is 0 Å². The van der Waals surface area contributed by atoms with Gasteiger partial charge in [0.15, 0.2) is 0 Å². The van der Waals surface area contributed by atoms with Crippen LogP contribution < -0.4 is 0 Å². The van der Waals surface area contributed by atoms with Gasteiger partial charge in [-0.3, -0.25) is 0 Å². The summed E-state index contributed by atoms with van der Waals surface area (Å²) in [7, 11) is -3.49. The van der Waals surface area contributed by atoms with Crippen LogP contribution >= 0.6 is 22.6 Å². The smallest absolute Gasteiger partial charge is 0.106 e. The highest BCUT2D eigenvalue weighted by Gasteiger charge is 2.46. The Hall–Kier alpha value is 0.640. The molecule has 1 aliphatic rings. The van der Waals surface area contributed by atoms with Crippen LogP contribution in [0.15, 0.2) is 0 Å². The van der Waals surface area contributed by atoms with Crippen molar-refractivity contribution in [3.63, 3.8) is 0 Å². The van der Waals surface area contributed by atoms with Crippen LogP contribution in [0.5, 0.6) is 0 Å². The Morgan fingerprint density at radius 3 is 1.88 bits per heavy atom. The highest BCUT2D eigenvalue weighted by atomic mass is 127. The van der Waals surface area contributed by atoms with Crippen molar-refractivity contribution in [3.05, 3.63) is 5.14 Å². The molecule has 1 fully saturated rings. The fourth-order valence-electron chi connectivity index (χ4n) is 0.367. The van der Waals surface area contributed by atoms with Gasteiger partial charge in [-0.15, -0.1) is 0 Å². The standard InChI is InChI=1S/C3H5INO2S/c4-3(1-2-3)8(5,6)7/h1-2H2,(H-,5,6,7)/q-1. The Kier molecular flexibility index (Phi) is 1.33. The molecule has 0 heterocycles. The number of alkyl halides is 1. The van der Waals surface area contributed by atoms with E-state index in [0.29, 0.717) is 12.8 Å². The fourth-order valence-corrected chi connectivity index (χ4v) is 1.28. The van der Waals surface area contributed by atoms with Crippen LogP contribution in [-0.2, 0) is 10.0 Å². The molecule has 0 atom stereocenters. The third kappa shape index (κ3) is 0.985. The maximum atomic E-state index is 10.4. The van der Waals surface area contributed by atoms with Crippen LogP contribution in [0, 0.1) is 0 Å². The predicted molar refractivity (Wildman–Crippen MR) is 39.2 cm³/mol. The van der Waals surface area contributed by atoms with Gasteiger partial charge in [0, 0.05) is 0 Å². The first-order valence-electron chi connectivity index (χ1n) is 2.14. The van der Waals surface area contributed by atoms with E-state index >= 15 is 0 Å². The molecule has 5 heteroatoms. The van der Waals surface area contributed by atoms with E-state index in [0.717, 1.165) is 0 Å². The molecule has 3 nitrogen and oxygen atoms in total. The zero-order valence-corrected chi connectivity index (χ0v) is 6.99. The lowest BCUT2D eigenvalue weighted by Gasteiger charge is -2.08. The second-order valence-electron chi connectivity index (χ2n) is 1.89. The maximum Gasteiger partial charge on any atom is 0.106 e. The van der Waals surface area contributed by atoms with Gasteiger partial charge in [-0.25, -0.2) is 8.42 Å². The summed E-state index contributed by atoms with van der Waals surface area (Å²) in [6.45, 7) is 0. The quantitative estimate of drug-likeness (QED) is 0.517. The van der Waals surface area contributed by atoms with E-state index in [1.807, 2.05) is 22.6 Å². The van der Waals surface area contributed by atoms with Gasteiger partial charge in [0.05, 0.1) is 10.0 Å². The Bertz CT molecular complexity index is 193. The molecule has 1 N–H and O–H groups in total. The summed E-state index contributed by atoms with van der Waals surface area (Å²) < 4.78 is 20.0. The van der Waals surface area contributed by atoms with Crippen LogP contribution in [0.4, 0.5) is 0 Å². The van der Waals surface area contributed by atoms with Crippen molar-refractivity contribution in [1.29, 1.82) is 0 Å². The van der Waals surface area contributed by atoms with Gasteiger partial charge >= 0.3 is 0 Å². The first-order valence-corrected chi connectivity index (χ1v) is 4.70. The summed E-state index contributed by atoms with van der Waals surface area (Å²) in [5, 5.41) is 6.61. The van der Waals surface area contributed by atoms with E-state index in [1.54, 1.807) is 0 Å². The molecule has 0 spiro atoms. The molecule has 1 aliphatic carbocycles. The van der Waals surface area contributed by atoms with Gasteiger partial charge in [0.1, 0.15) is 2.75 Å². The highest BCUT2D eigenvalue weighted by Crippen LogP contribution is 2.50. The molecule has 8 heavy (non-hydrogen) atoms. The lowest BCUT2D eigenvalue weighted by Crippen LogP contribution is -2.08. The molecular weight excluding hydrogens is 241 g/mol. The number of hydrogen-bond acceptors (Lipinski definition) is 2. The van der Waals surface area contributed by atoms with E-state index in [-0.39, 0.29) is 0 Å². The van der Waals surface area contributed by atoms with Crippen LogP contribution in [0.25, 0.3) is 5.14 Å². The van der Waals surface area contributed by atoms with Gasteiger partial charge in [-0.1, -0.05) is 22.6 Å². The van der Waals surface area contributed by atoms with Gasteiger partial charge in [-0.05, 0) is 12.8 Å². The number of rotatable bonds is 1. The lowest BCUT2D eigenvalue weighted by atomic mass is 11.0. The largest absolute Gasteiger partial charge is 0.563 e. The van der Waals surface area contributed by atoms with E-state index in [2.05, 4.69) is 0 Å². The molecule has 0 radical (unpaired) electrons. The molecule has 0 unspecified atom stereocenters. The summed E-state index contributed by atoms with van der Waals surface area (Å²) in [6.07, 6.45) is 1.30. The summed E-state index contributed by atoms with van der Waals surface area (Å²) in [6, 6.07) is 0. The summed E-state index contributed by atoms with van der Waals surface area (Å²) in [5.41, 5.74) is 0. The minimum Gasteiger partial charge on any atom is -0.563 e. The molecule has 0 aromatic heterocycles. The van der Waals surface area contributed by atoms with Gasteiger partial charge in [0.25, 0.3) is 0 Å². The molecule has 0 amide bonds. The van der Waals surface area contributed by atoms with Crippen molar-refractivity contribution in [2.75, 3.05) is 0 Å². The molecule has 0 aliphatic heterocycles. The SMILES string of the molecule is [NH-]S(=O)(=O)C1(I)CC1. The molecule has 0 aromatic rings. The third-order valence-electron chi connectivity index (χ3n) is 1.12. The van der Waals surface area contributed by atoms with Crippen molar-refractivity contribution < 1.29 is 8.42 Å². The lowest BCUT2D eigenvalue weighted by molar-refractivity contribution is 0.602. The predicted octanol–water partition coefficient (Wildman–Crippen LogP) is 1.29. The van der Waals surface area contributed by atoms with Crippen molar-refractivity contribution >= 4 is 32.6 Å². The zero-order chi connectivity index (χ0) is 6.41. The number of halogens is 1. The van der Waals surface area contributed by atoms with E-state index in [9.17, 15) is 8.42 Å². The number of hydrogen-bond donors (Lipinski definition) is 0. The highest BCUT2D eigenvalue weighted by molar-refractivity contribution is 14.1. The Labute approximate surface area is 61.8 Å². The first kappa shape index (κ1) is 6.76. The Morgan fingerprint density at radius 2 is 1.88 bits per heavy atom. The van der Waals surface area contributed by atoms with Crippen molar-refractivity contribution in [2.45, 2.75) is 15.6 Å². The van der Waals surface area contributed by atoms with E-state index in [4.69, 9.17) is 5.14 Å². The van der Waals surface area contributed by atoms with Gasteiger partial charge in [0.2, 0.25) is 0 Å². The number of sulfonamides is 1. The van der Waals surface area contributed by atoms with Crippen LogP contribution in [0.1, 0.15) is 12.8 Å². The topological polar surface area (TPSA) is 57.9 Å². The number of nitrogens with one attached hydrogen (secondary N) is 1. The monoisotopic (exact) mass is 246 g/mol. The van der Waals surface area contributed by atoms with Crippen molar-refractivity contribution in [2.24, 2.45) is 0 Å². The minimum atomic E-state index is -3.49. The molecule has 0 aromatic carbocycles. The second kappa shape index (κ2) is 1.57. The molecule has 0 bridgehead atoms. The average molecular weight is 246 g/mol. The minimum absolute atomic E-state index is 0.652. The van der Waals surface area contributed by atoms with Crippen LogP contribution in [0.2, 0.25) is 0 Å². The summed E-state index contributed by atoms with van der Waals surface area (Å²) >= 11 is 1.82. The van der Waals surface area contributed by atoms with Crippen molar-refractivity contribution in [1.82, 2.24) is 0 Å². The Balaban J connectivity index is 2.90. The zero-order valence-electron chi connectivity index (χ0n) is 4.02. The molecule has 1 rings (SSSR count). The summed E-state index contributed by atoms with van der Waals surface area (Å²) in [4.78, 5) is 0. The van der Waals surface area contributed by atoms with Crippen LogP contribution in [-0.4, -0.2) is 11.2 Å². The first-order chi connectivity index (χ1) is 3.46.